The highest BCUT2D eigenvalue weighted by molar-refractivity contribution is 5.53. The van der Waals surface area contributed by atoms with Crippen molar-refractivity contribution < 1.29 is 4.74 Å². The first-order chi connectivity index (χ1) is 7.72. The minimum absolute atomic E-state index is 0.340. The van der Waals surface area contributed by atoms with Crippen molar-refractivity contribution in [2.24, 2.45) is 7.05 Å². The number of aromatic nitrogens is 2. The Kier molecular flexibility index (Phi) is 3.36. The standard InChI is InChI=1S/C12H21N3O/c1-3-6-10-11(13)12(15(2)14-10)16-9-7-4-5-8-9/h9H,3-8,13H2,1-2H3. The van der Waals surface area contributed by atoms with Crippen LogP contribution >= 0.6 is 0 Å². The van der Waals surface area contributed by atoms with Crippen LogP contribution in [0, 0.1) is 0 Å². The SMILES string of the molecule is CCCc1nn(C)c(OC2CCCC2)c1N. The van der Waals surface area contributed by atoms with E-state index < -0.39 is 0 Å². The van der Waals surface area contributed by atoms with Crippen LogP contribution in [0.5, 0.6) is 5.88 Å². The smallest absolute Gasteiger partial charge is 0.236 e. The molecule has 0 amide bonds. The van der Waals surface area contributed by atoms with Crippen LogP contribution in [0.3, 0.4) is 0 Å². The van der Waals surface area contributed by atoms with Gasteiger partial charge in [-0.3, -0.25) is 0 Å². The molecule has 0 radical (unpaired) electrons. The van der Waals surface area contributed by atoms with Crippen LogP contribution in [-0.4, -0.2) is 15.9 Å². The van der Waals surface area contributed by atoms with Gasteiger partial charge in [-0.1, -0.05) is 13.3 Å². The number of hydrogen-bond acceptors (Lipinski definition) is 3. The average Bonchev–Trinajstić information content (AvgIpc) is 2.84. The molecule has 0 atom stereocenters. The molecule has 0 unspecified atom stereocenters. The van der Waals surface area contributed by atoms with Crippen molar-refractivity contribution in [2.45, 2.75) is 51.6 Å². The lowest BCUT2D eigenvalue weighted by atomic mass is 10.2. The molecule has 90 valence electrons. The molecule has 2 rings (SSSR count). The molecule has 1 aromatic rings. The number of nitrogen functional groups attached to an aromatic ring is 1. The third kappa shape index (κ3) is 2.15. The number of nitrogens with two attached hydrogens (primary N) is 1. The Hall–Kier alpha value is -1.19. The Morgan fingerprint density at radius 2 is 2.12 bits per heavy atom. The van der Waals surface area contributed by atoms with Gasteiger partial charge in [-0.25, -0.2) is 4.68 Å². The minimum atomic E-state index is 0.340. The van der Waals surface area contributed by atoms with Crippen LogP contribution < -0.4 is 10.5 Å². The molecule has 1 saturated carbocycles. The Morgan fingerprint density at radius 1 is 1.44 bits per heavy atom. The molecule has 4 nitrogen and oxygen atoms in total. The third-order valence-corrected chi connectivity index (χ3v) is 3.17. The molecule has 16 heavy (non-hydrogen) atoms. The summed E-state index contributed by atoms with van der Waals surface area (Å²) in [5.41, 5.74) is 7.76. The molecule has 0 aliphatic heterocycles. The maximum absolute atomic E-state index is 6.06. The van der Waals surface area contributed by atoms with Gasteiger partial charge in [-0.05, 0) is 32.1 Å². The van der Waals surface area contributed by atoms with Gasteiger partial charge in [-0.15, -0.1) is 0 Å². The second-order valence-corrected chi connectivity index (χ2v) is 4.56. The second kappa shape index (κ2) is 4.76. The van der Waals surface area contributed by atoms with E-state index in [0.717, 1.165) is 42.9 Å². The van der Waals surface area contributed by atoms with Crippen LogP contribution in [-0.2, 0) is 13.5 Å². The Balaban J connectivity index is 2.12. The zero-order valence-corrected chi connectivity index (χ0v) is 10.2. The van der Waals surface area contributed by atoms with E-state index >= 15 is 0 Å². The lowest BCUT2D eigenvalue weighted by molar-refractivity contribution is 0.193. The molecule has 0 bridgehead atoms. The predicted octanol–water partition coefficient (Wildman–Crippen LogP) is 2.28. The first-order valence-corrected chi connectivity index (χ1v) is 6.20. The topological polar surface area (TPSA) is 53.1 Å². The first-order valence-electron chi connectivity index (χ1n) is 6.20. The molecule has 1 heterocycles. The summed E-state index contributed by atoms with van der Waals surface area (Å²) in [6.45, 7) is 2.13. The highest BCUT2D eigenvalue weighted by Crippen LogP contribution is 2.30. The van der Waals surface area contributed by atoms with Crippen molar-refractivity contribution in [3.63, 3.8) is 0 Å². The van der Waals surface area contributed by atoms with E-state index in [2.05, 4.69) is 12.0 Å². The third-order valence-electron chi connectivity index (χ3n) is 3.17. The molecule has 1 aliphatic rings. The van der Waals surface area contributed by atoms with E-state index in [0.29, 0.717) is 6.10 Å². The van der Waals surface area contributed by atoms with Gasteiger partial charge >= 0.3 is 0 Å². The van der Waals surface area contributed by atoms with Gasteiger partial charge in [0, 0.05) is 7.05 Å². The van der Waals surface area contributed by atoms with Gasteiger partial charge < -0.3 is 10.5 Å². The molecule has 2 N–H and O–H groups in total. The maximum atomic E-state index is 6.06. The fraction of sp³-hybridized carbons (Fsp3) is 0.750. The number of anilines is 1. The van der Waals surface area contributed by atoms with Crippen LogP contribution in [0.15, 0.2) is 0 Å². The van der Waals surface area contributed by atoms with Crippen molar-refractivity contribution in [3.05, 3.63) is 5.69 Å². The number of ether oxygens (including phenoxy) is 1. The Labute approximate surface area is 96.8 Å². The van der Waals surface area contributed by atoms with Crippen molar-refractivity contribution in [1.29, 1.82) is 0 Å². The van der Waals surface area contributed by atoms with Gasteiger partial charge in [0.2, 0.25) is 5.88 Å². The van der Waals surface area contributed by atoms with Gasteiger partial charge in [0.15, 0.2) is 0 Å². The number of hydrogen-bond donors (Lipinski definition) is 1. The van der Waals surface area contributed by atoms with Crippen molar-refractivity contribution in [1.82, 2.24) is 9.78 Å². The summed E-state index contributed by atoms with van der Waals surface area (Å²) < 4.78 is 7.72. The van der Waals surface area contributed by atoms with Crippen LogP contribution in [0.4, 0.5) is 5.69 Å². The zero-order chi connectivity index (χ0) is 11.5. The highest BCUT2D eigenvalue weighted by atomic mass is 16.5. The van der Waals surface area contributed by atoms with E-state index in [1.165, 1.54) is 12.8 Å². The van der Waals surface area contributed by atoms with E-state index in [1.54, 1.807) is 4.68 Å². The first kappa shape index (κ1) is 11.3. The van der Waals surface area contributed by atoms with E-state index in [9.17, 15) is 0 Å². The fourth-order valence-electron chi connectivity index (χ4n) is 2.30. The van der Waals surface area contributed by atoms with Gasteiger partial charge in [0.1, 0.15) is 11.8 Å². The van der Waals surface area contributed by atoms with Crippen LogP contribution in [0.1, 0.15) is 44.7 Å². The van der Waals surface area contributed by atoms with Gasteiger partial charge in [-0.2, -0.15) is 5.10 Å². The summed E-state index contributed by atoms with van der Waals surface area (Å²) in [5, 5.41) is 4.41. The quantitative estimate of drug-likeness (QED) is 0.852. The normalized spacial score (nSPS) is 16.9. The minimum Gasteiger partial charge on any atom is -0.473 e. The van der Waals surface area contributed by atoms with Crippen LogP contribution in [0.25, 0.3) is 0 Å². The predicted molar refractivity (Wildman–Crippen MR) is 64.5 cm³/mol. The van der Waals surface area contributed by atoms with Gasteiger partial charge in [0.05, 0.1) is 5.69 Å². The largest absolute Gasteiger partial charge is 0.473 e. The highest BCUT2D eigenvalue weighted by Gasteiger charge is 2.21. The van der Waals surface area contributed by atoms with Gasteiger partial charge in [0.25, 0.3) is 0 Å². The zero-order valence-electron chi connectivity index (χ0n) is 10.2. The fourth-order valence-corrected chi connectivity index (χ4v) is 2.30. The molecule has 0 saturated heterocycles. The van der Waals surface area contributed by atoms with E-state index in [1.807, 2.05) is 7.05 Å². The van der Waals surface area contributed by atoms with Crippen LogP contribution in [0.2, 0.25) is 0 Å². The summed E-state index contributed by atoms with van der Waals surface area (Å²) in [7, 11) is 1.90. The Bertz CT molecular complexity index is 353. The number of nitrogens with zero attached hydrogens (tertiary/aromatic N) is 2. The number of rotatable bonds is 4. The van der Waals surface area contributed by atoms with Crippen molar-refractivity contribution >= 4 is 5.69 Å². The molecular formula is C12H21N3O. The molecular weight excluding hydrogens is 202 g/mol. The molecule has 0 aromatic carbocycles. The van der Waals surface area contributed by atoms with E-state index in [-0.39, 0.29) is 0 Å². The maximum Gasteiger partial charge on any atom is 0.236 e. The number of aryl methyl sites for hydroxylation is 2. The van der Waals surface area contributed by atoms with Crippen molar-refractivity contribution in [2.75, 3.05) is 5.73 Å². The second-order valence-electron chi connectivity index (χ2n) is 4.56. The van der Waals surface area contributed by atoms with Crippen molar-refractivity contribution in [3.8, 4) is 5.88 Å². The summed E-state index contributed by atoms with van der Waals surface area (Å²) in [4.78, 5) is 0. The summed E-state index contributed by atoms with van der Waals surface area (Å²) in [6.07, 6.45) is 7.15. The molecule has 4 heteroatoms. The average molecular weight is 223 g/mol. The monoisotopic (exact) mass is 223 g/mol. The molecule has 1 aromatic heterocycles. The lowest BCUT2D eigenvalue weighted by Crippen LogP contribution is -2.14. The Morgan fingerprint density at radius 3 is 2.75 bits per heavy atom. The lowest BCUT2D eigenvalue weighted by Gasteiger charge is -2.13. The summed E-state index contributed by atoms with van der Waals surface area (Å²) in [5.74, 6) is 0.760. The molecule has 1 aliphatic carbocycles. The summed E-state index contributed by atoms with van der Waals surface area (Å²) in [6, 6.07) is 0. The van der Waals surface area contributed by atoms with E-state index in [4.69, 9.17) is 10.5 Å². The summed E-state index contributed by atoms with van der Waals surface area (Å²) >= 11 is 0. The molecule has 1 fully saturated rings. The molecule has 0 spiro atoms.